The molecule has 0 aliphatic heterocycles. The van der Waals surface area contributed by atoms with E-state index in [0.29, 0.717) is 0 Å². The third-order valence-corrected chi connectivity index (χ3v) is 3.07. The molecule has 0 amide bonds. The molecular formula is C8H10N4S2. The van der Waals surface area contributed by atoms with E-state index in [2.05, 4.69) is 25.0 Å². The molecule has 2 aromatic heterocycles. The second kappa shape index (κ2) is 4.47. The van der Waals surface area contributed by atoms with Crippen molar-refractivity contribution in [3.05, 3.63) is 22.4 Å². The smallest absolute Gasteiger partial charge is 0.202 e. The van der Waals surface area contributed by atoms with Crippen molar-refractivity contribution >= 4 is 28.0 Å². The van der Waals surface area contributed by atoms with E-state index in [4.69, 9.17) is 0 Å². The zero-order chi connectivity index (χ0) is 9.80. The summed E-state index contributed by atoms with van der Waals surface area (Å²) >= 11 is 3.02. The van der Waals surface area contributed by atoms with Crippen molar-refractivity contribution in [1.29, 1.82) is 0 Å². The van der Waals surface area contributed by atoms with Gasteiger partial charge >= 0.3 is 0 Å². The van der Waals surface area contributed by atoms with Gasteiger partial charge in [-0.3, -0.25) is 0 Å². The minimum absolute atomic E-state index is 0.825. The van der Waals surface area contributed by atoms with Crippen LogP contribution in [0, 0.1) is 6.92 Å². The highest BCUT2D eigenvalue weighted by Gasteiger charge is 1.99. The highest BCUT2D eigenvalue weighted by Crippen LogP contribution is 2.10. The first kappa shape index (κ1) is 9.54. The first-order chi connectivity index (χ1) is 6.84. The Hall–Kier alpha value is -1.01. The Morgan fingerprint density at radius 1 is 1.50 bits per heavy atom. The van der Waals surface area contributed by atoms with E-state index in [-0.39, 0.29) is 0 Å². The molecule has 2 heterocycles. The lowest BCUT2D eigenvalue weighted by molar-refractivity contribution is 0.972. The molecule has 0 saturated carbocycles. The number of aryl methyl sites for hydroxylation is 1. The standard InChI is InChI=1S/C8H10N4S2/c1-6-11-8(14-12-6)9-3-2-7-4-13-5-10-7/h4-5H,2-3H2,1H3,(H,9,11,12). The summed E-state index contributed by atoms with van der Waals surface area (Å²) in [6.45, 7) is 2.75. The van der Waals surface area contributed by atoms with E-state index in [1.807, 2.05) is 12.4 Å². The summed E-state index contributed by atoms with van der Waals surface area (Å²) in [6.07, 6.45) is 0.933. The molecule has 2 aromatic rings. The highest BCUT2D eigenvalue weighted by atomic mass is 32.1. The fraction of sp³-hybridized carbons (Fsp3) is 0.375. The van der Waals surface area contributed by atoms with Crippen LogP contribution in [-0.2, 0) is 6.42 Å². The SMILES string of the molecule is Cc1nsc(NCCc2cscn2)n1. The van der Waals surface area contributed by atoms with Crippen molar-refractivity contribution < 1.29 is 0 Å². The van der Waals surface area contributed by atoms with Crippen molar-refractivity contribution in [2.24, 2.45) is 0 Å². The molecule has 1 N–H and O–H groups in total. The molecule has 6 heteroatoms. The summed E-state index contributed by atoms with van der Waals surface area (Å²) in [7, 11) is 0. The third-order valence-electron chi connectivity index (χ3n) is 1.67. The normalized spacial score (nSPS) is 10.4. The molecule has 0 radical (unpaired) electrons. The Kier molecular flexibility index (Phi) is 3.05. The van der Waals surface area contributed by atoms with Crippen LogP contribution >= 0.6 is 22.9 Å². The van der Waals surface area contributed by atoms with E-state index >= 15 is 0 Å². The van der Waals surface area contributed by atoms with Crippen LogP contribution in [0.1, 0.15) is 11.5 Å². The van der Waals surface area contributed by atoms with Crippen molar-refractivity contribution in [2.45, 2.75) is 13.3 Å². The molecule has 0 aromatic carbocycles. The van der Waals surface area contributed by atoms with Gasteiger partial charge in [0.1, 0.15) is 5.82 Å². The maximum atomic E-state index is 4.21. The Bertz CT molecular complexity index is 382. The number of hydrogen-bond acceptors (Lipinski definition) is 6. The second-order valence-electron chi connectivity index (χ2n) is 2.80. The lowest BCUT2D eigenvalue weighted by Crippen LogP contribution is -2.04. The van der Waals surface area contributed by atoms with E-state index in [0.717, 1.165) is 29.6 Å². The van der Waals surface area contributed by atoms with Gasteiger partial charge in [0, 0.05) is 29.9 Å². The lowest BCUT2D eigenvalue weighted by Gasteiger charge is -1.98. The summed E-state index contributed by atoms with van der Waals surface area (Å²) in [6, 6.07) is 0. The van der Waals surface area contributed by atoms with Gasteiger partial charge in [0.25, 0.3) is 0 Å². The van der Waals surface area contributed by atoms with E-state index in [1.165, 1.54) is 11.5 Å². The minimum Gasteiger partial charge on any atom is -0.360 e. The highest BCUT2D eigenvalue weighted by molar-refractivity contribution is 7.09. The van der Waals surface area contributed by atoms with Crippen LogP contribution < -0.4 is 5.32 Å². The molecule has 0 fully saturated rings. The Morgan fingerprint density at radius 2 is 2.43 bits per heavy atom. The van der Waals surface area contributed by atoms with Gasteiger partial charge in [0.15, 0.2) is 0 Å². The molecule has 0 aliphatic carbocycles. The van der Waals surface area contributed by atoms with Gasteiger partial charge in [0.2, 0.25) is 5.13 Å². The zero-order valence-corrected chi connectivity index (χ0v) is 9.36. The quantitative estimate of drug-likeness (QED) is 0.866. The van der Waals surface area contributed by atoms with Crippen molar-refractivity contribution in [3.8, 4) is 0 Å². The minimum atomic E-state index is 0.825. The summed E-state index contributed by atoms with van der Waals surface area (Å²) < 4.78 is 4.09. The van der Waals surface area contributed by atoms with E-state index in [1.54, 1.807) is 11.3 Å². The van der Waals surface area contributed by atoms with Gasteiger partial charge in [0.05, 0.1) is 11.2 Å². The first-order valence-corrected chi connectivity index (χ1v) is 5.97. The summed E-state index contributed by atoms with van der Waals surface area (Å²) in [5, 5.41) is 6.16. The number of rotatable bonds is 4. The number of anilines is 1. The Balaban J connectivity index is 1.78. The molecule has 2 rings (SSSR count). The average molecular weight is 226 g/mol. The fourth-order valence-electron chi connectivity index (χ4n) is 1.03. The van der Waals surface area contributed by atoms with E-state index in [9.17, 15) is 0 Å². The third kappa shape index (κ3) is 2.49. The molecule has 0 spiro atoms. The largest absolute Gasteiger partial charge is 0.360 e. The van der Waals surface area contributed by atoms with Gasteiger partial charge in [-0.2, -0.15) is 4.37 Å². The van der Waals surface area contributed by atoms with Gasteiger partial charge in [-0.25, -0.2) is 9.97 Å². The van der Waals surface area contributed by atoms with Crippen molar-refractivity contribution in [3.63, 3.8) is 0 Å². The molecular weight excluding hydrogens is 216 g/mol. The van der Waals surface area contributed by atoms with Crippen LogP contribution in [0.2, 0.25) is 0 Å². The molecule has 0 aliphatic rings. The van der Waals surface area contributed by atoms with Crippen LogP contribution in [0.3, 0.4) is 0 Å². The predicted octanol–water partition coefficient (Wildman–Crippen LogP) is 1.96. The zero-order valence-electron chi connectivity index (χ0n) is 7.73. The molecule has 74 valence electrons. The van der Waals surface area contributed by atoms with Crippen LogP contribution in [0.4, 0.5) is 5.13 Å². The van der Waals surface area contributed by atoms with Crippen molar-refractivity contribution in [1.82, 2.24) is 14.3 Å². The molecule has 0 bridgehead atoms. The molecule has 14 heavy (non-hydrogen) atoms. The topological polar surface area (TPSA) is 50.7 Å². The van der Waals surface area contributed by atoms with Crippen LogP contribution in [-0.4, -0.2) is 20.9 Å². The summed E-state index contributed by atoms with van der Waals surface area (Å²) in [5.41, 5.74) is 2.98. The van der Waals surface area contributed by atoms with Gasteiger partial charge in [-0.1, -0.05) is 0 Å². The van der Waals surface area contributed by atoms with Gasteiger partial charge in [-0.05, 0) is 6.92 Å². The molecule has 0 saturated heterocycles. The number of aromatic nitrogens is 3. The van der Waals surface area contributed by atoms with Gasteiger partial charge < -0.3 is 5.32 Å². The van der Waals surface area contributed by atoms with Crippen LogP contribution in [0.15, 0.2) is 10.9 Å². The Labute approximate surface area is 90.2 Å². The number of nitrogens with one attached hydrogen (secondary N) is 1. The Morgan fingerprint density at radius 3 is 3.07 bits per heavy atom. The van der Waals surface area contributed by atoms with Gasteiger partial charge in [-0.15, -0.1) is 11.3 Å². The van der Waals surface area contributed by atoms with Crippen LogP contribution in [0.25, 0.3) is 0 Å². The maximum Gasteiger partial charge on any atom is 0.202 e. The summed E-state index contributed by atoms with van der Waals surface area (Å²) in [5.74, 6) is 0.825. The second-order valence-corrected chi connectivity index (χ2v) is 4.27. The maximum absolute atomic E-state index is 4.21. The monoisotopic (exact) mass is 226 g/mol. The number of nitrogens with zero attached hydrogens (tertiary/aromatic N) is 3. The fourth-order valence-corrected chi connectivity index (χ4v) is 2.22. The predicted molar refractivity (Wildman–Crippen MR) is 59.0 cm³/mol. The van der Waals surface area contributed by atoms with E-state index < -0.39 is 0 Å². The number of hydrogen-bond donors (Lipinski definition) is 1. The molecule has 4 nitrogen and oxygen atoms in total. The van der Waals surface area contributed by atoms with Crippen molar-refractivity contribution in [2.75, 3.05) is 11.9 Å². The first-order valence-electron chi connectivity index (χ1n) is 4.26. The van der Waals surface area contributed by atoms with Crippen LogP contribution in [0.5, 0.6) is 0 Å². The number of thiazole rings is 1. The molecule has 0 unspecified atom stereocenters. The summed E-state index contributed by atoms with van der Waals surface area (Å²) in [4.78, 5) is 8.41. The molecule has 0 atom stereocenters. The lowest BCUT2D eigenvalue weighted by atomic mass is 10.3. The average Bonchev–Trinajstić information content (AvgIpc) is 2.77.